The minimum Gasteiger partial charge on any atom is -0.339 e. The molecular formula is C22H36N4O2. The molecule has 6 nitrogen and oxygen atoms in total. The molecule has 156 valence electrons. The third-order valence-corrected chi connectivity index (χ3v) is 5.88. The fourth-order valence-corrected chi connectivity index (χ4v) is 3.99. The second-order valence-corrected chi connectivity index (χ2v) is 7.38. The molecule has 0 saturated carbocycles. The van der Waals surface area contributed by atoms with Crippen molar-refractivity contribution in [2.24, 2.45) is 0 Å². The van der Waals surface area contributed by atoms with Crippen LogP contribution in [0.15, 0.2) is 24.3 Å². The largest absolute Gasteiger partial charge is 0.339 e. The Morgan fingerprint density at radius 3 is 2.43 bits per heavy atom. The molecule has 0 aromatic heterocycles. The SMILES string of the molecule is CCN(CC)C(=O)c1cccc(NC(=O)C(C)N2CCC(N(CC)CC)C2)c1. The molecule has 2 amide bonds. The number of carbonyl (C=O) groups excluding carboxylic acids is 2. The molecule has 2 atom stereocenters. The van der Waals surface area contributed by atoms with Crippen LogP contribution in [0.5, 0.6) is 0 Å². The Morgan fingerprint density at radius 1 is 1.14 bits per heavy atom. The molecule has 1 heterocycles. The lowest BCUT2D eigenvalue weighted by Crippen LogP contribution is -2.43. The van der Waals surface area contributed by atoms with Gasteiger partial charge in [-0.15, -0.1) is 0 Å². The van der Waals surface area contributed by atoms with Gasteiger partial charge in [-0.1, -0.05) is 19.9 Å². The summed E-state index contributed by atoms with van der Waals surface area (Å²) in [5, 5.41) is 3.00. The predicted molar refractivity (Wildman–Crippen MR) is 115 cm³/mol. The lowest BCUT2D eigenvalue weighted by atomic mass is 10.1. The Labute approximate surface area is 169 Å². The summed E-state index contributed by atoms with van der Waals surface area (Å²) >= 11 is 0. The van der Waals surface area contributed by atoms with Gasteiger partial charge in [0.15, 0.2) is 0 Å². The topological polar surface area (TPSA) is 55.9 Å². The maximum absolute atomic E-state index is 12.8. The molecule has 1 aliphatic rings. The number of likely N-dealkylation sites (tertiary alicyclic amines) is 1. The van der Waals surface area contributed by atoms with Gasteiger partial charge in [0.05, 0.1) is 6.04 Å². The summed E-state index contributed by atoms with van der Waals surface area (Å²) in [4.78, 5) is 31.8. The van der Waals surface area contributed by atoms with E-state index in [9.17, 15) is 9.59 Å². The molecule has 28 heavy (non-hydrogen) atoms. The van der Waals surface area contributed by atoms with Crippen molar-refractivity contribution < 1.29 is 9.59 Å². The van der Waals surface area contributed by atoms with Gasteiger partial charge >= 0.3 is 0 Å². The molecule has 2 rings (SSSR count). The Hall–Kier alpha value is -1.92. The van der Waals surface area contributed by atoms with Crippen molar-refractivity contribution in [3.8, 4) is 0 Å². The highest BCUT2D eigenvalue weighted by Crippen LogP contribution is 2.19. The van der Waals surface area contributed by atoms with E-state index in [-0.39, 0.29) is 17.9 Å². The van der Waals surface area contributed by atoms with E-state index < -0.39 is 0 Å². The summed E-state index contributed by atoms with van der Waals surface area (Å²) in [5.74, 6) is -0.0246. The van der Waals surface area contributed by atoms with Crippen molar-refractivity contribution in [1.29, 1.82) is 0 Å². The van der Waals surface area contributed by atoms with Gasteiger partial charge in [0.1, 0.15) is 0 Å². The molecule has 2 unspecified atom stereocenters. The van der Waals surface area contributed by atoms with Crippen molar-refractivity contribution in [2.75, 3.05) is 44.6 Å². The lowest BCUT2D eigenvalue weighted by Gasteiger charge is -2.28. The summed E-state index contributed by atoms with van der Waals surface area (Å²) in [7, 11) is 0. The molecule has 1 fully saturated rings. The number of rotatable bonds is 9. The Kier molecular flexibility index (Phi) is 8.45. The summed E-state index contributed by atoms with van der Waals surface area (Å²) in [6.07, 6.45) is 1.10. The molecule has 1 aromatic rings. The van der Waals surface area contributed by atoms with Gasteiger partial charge in [0.25, 0.3) is 5.91 Å². The average Bonchev–Trinajstić information content (AvgIpc) is 3.19. The van der Waals surface area contributed by atoms with E-state index >= 15 is 0 Å². The highest BCUT2D eigenvalue weighted by Gasteiger charge is 2.31. The van der Waals surface area contributed by atoms with E-state index in [1.54, 1.807) is 17.0 Å². The van der Waals surface area contributed by atoms with Crippen LogP contribution in [0.25, 0.3) is 0 Å². The number of nitrogens with one attached hydrogen (secondary N) is 1. The second kappa shape index (κ2) is 10.6. The normalized spacial score (nSPS) is 18.3. The zero-order valence-electron chi connectivity index (χ0n) is 18.1. The van der Waals surface area contributed by atoms with E-state index in [4.69, 9.17) is 0 Å². The lowest BCUT2D eigenvalue weighted by molar-refractivity contribution is -0.120. The highest BCUT2D eigenvalue weighted by molar-refractivity contribution is 5.98. The van der Waals surface area contributed by atoms with Crippen LogP contribution in [0.4, 0.5) is 5.69 Å². The third kappa shape index (κ3) is 5.32. The fourth-order valence-electron chi connectivity index (χ4n) is 3.99. The molecule has 1 aromatic carbocycles. The standard InChI is InChI=1S/C22H36N4O2/c1-6-24(7-2)20-13-14-26(16-20)17(5)21(27)23-19-12-10-11-18(15-19)22(28)25(8-3)9-4/h10-12,15,17,20H,6-9,13-14,16H2,1-5H3,(H,23,27). The number of likely N-dealkylation sites (N-methyl/N-ethyl adjacent to an activating group) is 1. The van der Waals surface area contributed by atoms with Gasteiger partial charge in [0.2, 0.25) is 5.91 Å². The van der Waals surface area contributed by atoms with E-state index in [0.717, 1.165) is 32.6 Å². The van der Waals surface area contributed by atoms with E-state index in [1.807, 2.05) is 32.9 Å². The number of amides is 2. The third-order valence-electron chi connectivity index (χ3n) is 5.88. The molecular weight excluding hydrogens is 352 g/mol. The van der Waals surface area contributed by atoms with Gasteiger partial charge in [-0.3, -0.25) is 19.4 Å². The summed E-state index contributed by atoms with van der Waals surface area (Å²) in [5.41, 5.74) is 1.28. The van der Waals surface area contributed by atoms with Crippen molar-refractivity contribution in [2.45, 2.75) is 53.1 Å². The first-order chi connectivity index (χ1) is 13.4. The quantitative estimate of drug-likeness (QED) is 0.707. The maximum atomic E-state index is 12.8. The van der Waals surface area contributed by atoms with Crippen LogP contribution in [0.1, 0.15) is 51.4 Å². The van der Waals surface area contributed by atoms with Crippen LogP contribution in [-0.2, 0) is 4.79 Å². The maximum Gasteiger partial charge on any atom is 0.253 e. The molecule has 1 N–H and O–H groups in total. The van der Waals surface area contributed by atoms with Crippen LogP contribution >= 0.6 is 0 Å². The second-order valence-electron chi connectivity index (χ2n) is 7.38. The van der Waals surface area contributed by atoms with Gasteiger partial charge in [-0.05, 0) is 58.5 Å². The van der Waals surface area contributed by atoms with Gasteiger partial charge in [-0.25, -0.2) is 0 Å². The van der Waals surface area contributed by atoms with E-state index in [0.29, 0.717) is 30.4 Å². The first-order valence-corrected chi connectivity index (χ1v) is 10.6. The molecule has 0 bridgehead atoms. The van der Waals surface area contributed by atoms with E-state index in [2.05, 4.69) is 29.0 Å². The zero-order valence-corrected chi connectivity index (χ0v) is 18.1. The Morgan fingerprint density at radius 2 is 1.82 bits per heavy atom. The van der Waals surface area contributed by atoms with Crippen molar-refractivity contribution >= 4 is 17.5 Å². The first-order valence-electron chi connectivity index (χ1n) is 10.6. The van der Waals surface area contributed by atoms with Crippen molar-refractivity contribution in [3.05, 3.63) is 29.8 Å². The smallest absolute Gasteiger partial charge is 0.253 e. The van der Waals surface area contributed by atoms with Crippen LogP contribution in [0, 0.1) is 0 Å². The first kappa shape index (κ1) is 22.4. The molecule has 0 radical (unpaired) electrons. The zero-order chi connectivity index (χ0) is 20.7. The van der Waals surface area contributed by atoms with Gasteiger partial charge < -0.3 is 10.2 Å². The van der Waals surface area contributed by atoms with Crippen molar-refractivity contribution in [1.82, 2.24) is 14.7 Å². The molecule has 1 saturated heterocycles. The molecule has 0 aliphatic carbocycles. The summed E-state index contributed by atoms with van der Waals surface area (Å²) in [6, 6.07) is 7.57. The Balaban J connectivity index is 1.99. The van der Waals surface area contributed by atoms with Gasteiger partial charge in [0, 0.05) is 43.5 Å². The Bertz CT molecular complexity index is 656. The monoisotopic (exact) mass is 388 g/mol. The van der Waals surface area contributed by atoms with Crippen LogP contribution in [0.2, 0.25) is 0 Å². The molecule has 0 spiro atoms. The van der Waals surface area contributed by atoms with E-state index in [1.165, 1.54) is 0 Å². The number of benzene rings is 1. The highest BCUT2D eigenvalue weighted by atomic mass is 16.2. The minimum atomic E-state index is -0.192. The number of anilines is 1. The van der Waals surface area contributed by atoms with Crippen LogP contribution in [-0.4, -0.2) is 77.9 Å². The molecule has 1 aliphatic heterocycles. The summed E-state index contributed by atoms with van der Waals surface area (Å²) < 4.78 is 0. The number of carbonyl (C=O) groups is 2. The minimum absolute atomic E-state index is 0.00393. The van der Waals surface area contributed by atoms with Crippen LogP contribution in [0.3, 0.4) is 0 Å². The van der Waals surface area contributed by atoms with Gasteiger partial charge in [-0.2, -0.15) is 0 Å². The summed E-state index contributed by atoms with van der Waals surface area (Å²) in [6.45, 7) is 15.6. The fraction of sp³-hybridized carbons (Fsp3) is 0.636. The number of hydrogen-bond acceptors (Lipinski definition) is 4. The van der Waals surface area contributed by atoms with Crippen LogP contribution < -0.4 is 5.32 Å². The van der Waals surface area contributed by atoms with Crippen molar-refractivity contribution in [3.63, 3.8) is 0 Å². The molecule has 6 heteroatoms. The number of nitrogens with zero attached hydrogens (tertiary/aromatic N) is 3. The number of hydrogen-bond donors (Lipinski definition) is 1. The average molecular weight is 389 g/mol. The predicted octanol–water partition coefficient (Wildman–Crippen LogP) is 2.91.